The van der Waals surface area contributed by atoms with Gasteiger partial charge in [-0.05, 0) is 18.6 Å². The second-order valence-corrected chi connectivity index (χ2v) is 4.69. The number of primary amides is 1. The zero-order valence-electron chi connectivity index (χ0n) is 11.1. The van der Waals surface area contributed by atoms with Crippen molar-refractivity contribution < 1.29 is 4.79 Å². The lowest BCUT2D eigenvalue weighted by atomic mass is 9.94. The zero-order chi connectivity index (χ0) is 14.1. The number of nitrogens with two attached hydrogens (primary N) is 1. The number of amides is 1. The van der Waals surface area contributed by atoms with E-state index in [-0.39, 0.29) is 0 Å². The maximum Gasteiger partial charge on any atom is 0.251 e. The maximum absolute atomic E-state index is 11.8. The molecule has 2 N–H and O–H groups in total. The molecule has 0 aliphatic carbocycles. The topological polar surface area (TPSA) is 56.0 Å². The lowest BCUT2D eigenvalue weighted by Gasteiger charge is -2.13. The number of carbonyl (C=O) groups is 1. The predicted molar refractivity (Wildman–Crippen MR) is 80.4 cm³/mol. The summed E-state index contributed by atoms with van der Waals surface area (Å²) in [6.45, 7) is 1.82. The van der Waals surface area contributed by atoms with Crippen LogP contribution in [0.25, 0.3) is 22.0 Å². The average molecular weight is 262 g/mol. The second kappa shape index (κ2) is 4.78. The summed E-state index contributed by atoms with van der Waals surface area (Å²) in [4.78, 5) is 16.3. The summed E-state index contributed by atoms with van der Waals surface area (Å²) in [6.07, 6.45) is 0. The largest absolute Gasteiger partial charge is 0.366 e. The summed E-state index contributed by atoms with van der Waals surface area (Å²) in [6, 6.07) is 17.6. The van der Waals surface area contributed by atoms with E-state index >= 15 is 0 Å². The summed E-state index contributed by atoms with van der Waals surface area (Å²) in [7, 11) is 0. The number of pyridine rings is 1. The van der Waals surface area contributed by atoms with Gasteiger partial charge in [0, 0.05) is 10.9 Å². The lowest BCUT2D eigenvalue weighted by Crippen LogP contribution is -2.15. The van der Waals surface area contributed by atoms with Crippen molar-refractivity contribution in [2.24, 2.45) is 5.73 Å². The molecule has 3 aromatic rings. The molecule has 0 fully saturated rings. The summed E-state index contributed by atoms with van der Waals surface area (Å²) in [5, 5.41) is 0.943. The Morgan fingerprint density at radius 3 is 2.35 bits per heavy atom. The molecule has 0 radical (unpaired) electrons. The van der Waals surface area contributed by atoms with Crippen LogP contribution in [-0.4, -0.2) is 10.9 Å². The third kappa shape index (κ3) is 1.93. The molecule has 1 aromatic heterocycles. The smallest absolute Gasteiger partial charge is 0.251 e. The van der Waals surface area contributed by atoms with Crippen molar-refractivity contribution in [3.63, 3.8) is 0 Å². The minimum absolute atomic E-state index is 0.445. The highest BCUT2D eigenvalue weighted by atomic mass is 16.1. The van der Waals surface area contributed by atoms with Gasteiger partial charge in [-0.3, -0.25) is 9.78 Å². The van der Waals surface area contributed by atoms with Crippen LogP contribution >= 0.6 is 0 Å². The van der Waals surface area contributed by atoms with Crippen LogP contribution in [-0.2, 0) is 0 Å². The molecule has 0 spiro atoms. The number of para-hydroxylation sites is 1. The van der Waals surface area contributed by atoms with Crippen molar-refractivity contribution in [2.75, 3.05) is 0 Å². The Kier molecular flexibility index (Phi) is 2.95. The lowest BCUT2D eigenvalue weighted by molar-refractivity contribution is 0.1000. The van der Waals surface area contributed by atoms with E-state index in [1.807, 2.05) is 61.5 Å². The molecule has 3 rings (SSSR count). The summed E-state index contributed by atoms with van der Waals surface area (Å²) < 4.78 is 0. The molecule has 3 nitrogen and oxygen atoms in total. The fraction of sp³-hybridized carbons (Fsp3) is 0.0588. The van der Waals surface area contributed by atoms with Crippen molar-refractivity contribution in [2.45, 2.75) is 6.92 Å². The molecular formula is C17H14N2O. The average Bonchev–Trinajstić information content (AvgIpc) is 2.46. The minimum atomic E-state index is -0.445. The molecule has 0 unspecified atom stereocenters. The van der Waals surface area contributed by atoms with E-state index in [4.69, 9.17) is 5.73 Å². The first-order chi connectivity index (χ1) is 9.68. The van der Waals surface area contributed by atoms with Crippen molar-refractivity contribution in [1.29, 1.82) is 0 Å². The highest BCUT2D eigenvalue weighted by molar-refractivity contribution is 6.09. The predicted octanol–water partition coefficient (Wildman–Crippen LogP) is 3.31. The standard InChI is InChI=1S/C17H14N2O/c1-11-15(17(18)20)16(12-7-3-2-4-8-12)13-9-5-6-10-14(13)19-11/h2-10H,1H3,(H2,18,20). The normalized spacial score (nSPS) is 10.7. The van der Waals surface area contributed by atoms with Gasteiger partial charge in [0.25, 0.3) is 5.91 Å². The molecule has 0 aliphatic rings. The number of aryl methyl sites for hydroxylation is 1. The molecule has 0 bridgehead atoms. The molecule has 98 valence electrons. The van der Waals surface area contributed by atoms with Crippen molar-refractivity contribution >= 4 is 16.8 Å². The Hall–Kier alpha value is -2.68. The number of nitrogens with zero attached hydrogens (tertiary/aromatic N) is 1. The third-order valence-corrected chi connectivity index (χ3v) is 3.38. The van der Waals surface area contributed by atoms with E-state index in [1.54, 1.807) is 0 Å². The van der Waals surface area contributed by atoms with Gasteiger partial charge in [-0.25, -0.2) is 0 Å². The summed E-state index contributed by atoms with van der Waals surface area (Å²) in [5.41, 5.74) is 9.43. The molecule has 0 aliphatic heterocycles. The summed E-state index contributed by atoms with van der Waals surface area (Å²) in [5.74, 6) is -0.445. The van der Waals surface area contributed by atoms with E-state index < -0.39 is 5.91 Å². The molecule has 0 atom stereocenters. The van der Waals surface area contributed by atoms with E-state index in [1.165, 1.54) is 0 Å². The molecule has 3 heteroatoms. The van der Waals surface area contributed by atoms with Crippen LogP contribution in [0, 0.1) is 6.92 Å². The number of benzene rings is 2. The van der Waals surface area contributed by atoms with Crippen LogP contribution in [0.5, 0.6) is 0 Å². The van der Waals surface area contributed by atoms with Crippen LogP contribution < -0.4 is 5.73 Å². The zero-order valence-corrected chi connectivity index (χ0v) is 11.1. The first kappa shape index (κ1) is 12.4. The Morgan fingerprint density at radius 1 is 1.00 bits per heavy atom. The molecule has 0 saturated carbocycles. The molecule has 20 heavy (non-hydrogen) atoms. The molecule has 1 amide bonds. The van der Waals surface area contributed by atoms with Crippen LogP contribution in [0.1, 0.15) is 16.1 Å². The highest BCUT2D eigenvalue weighted by Crippen LogP contribution is 2.32. The number of aromatic nitrogens is 1. The number of hydrogen-bond donors (Lipinski definition) is 1. The fourth-order valence-electron chi connectivity index (χ4n) is 2.54. The van der Waals surface area contributed by atoms with Gasteiger partial charge in [-0.1, -0.05) is 48.5 Å². The Bertz CT molecular complexity index is 795. The van der Waals surface area contributed by atoms with E-state index in [2.05, 4.69) is 4.98 Å². The van der Waals surface area contributed by atoms with Crippen LogP contribution in [0.15, 0.2) is 54.6 Å². The van der Waals surface area contributed by atoms with Crippen LogP contribution in [0.4, 0.5) is 0 Å². The SMILES string of the molecule is Cc1nc2ccccc2c(-c2ccccc2)c1C(N)=O. The Morgan fingerprint density at radius 2 is 1.65 bits per heavy atom. The van der Waals surface area contributed by atoms with Gasteiger partial charge in [-0.2, -0.15) is 0 Å². The van der Waals surface area contributed by atoms with E-state index in [0.29, 0.717) is 11.3 Å². The van der Waals surface area contributed by atoms with E-state index in [0.717, 1.165) is 22.0 Å². The highest BCUT2D eigenvalue weighted by Gasteiger charge is 2.17. The fourth-order valence-corrected chi connectivity index (χ4v) is 2.54. The van der Waals surface area contributed by atoms with Gasteiger partial charge in [0.2, 0.25) is 0 Å². The molecule has 2 aromatic carbocycles. The first-order valence-electron chi connectivity index (χ1n) is 6.43. The number of rotatable bonds is 2. The number of carbonyl (C=O) groups excluding carboxylic acids is 1. The Balaban J connectivity index is 2.48. The van der Waals surface area contributed by atoms with Crippen LogP contribution in [0.2, 0.25) is 0 Å². The van der Waals surface area contributed by atoms with Gasteiger partial charge in [0.05, 0.1) is 16.8 Å². The minimum Gasteiger partial charge on any atom is -0.366 e. The van der Waals surface area contributed by atoms with Gasteiger partial charge in [0.15, 0.2) is 0 Å². The second-order valence-electron chi connectivity index (χ2n) is 4.69. The number of fused-ring (bicyclic) bond motifs is 1. The quantitative estimate of drug-likeness (QED) is 0.770. The van der Waals surface area contributed by atoms with Gasteiger partial charge >= 0.3 is 0 Å². The van der Waals surface area contributed by atoms with Crippen molar-refractivity contribution in [1.82, 2.24) is 4.98 Å². The molecule has 1 heterocycles. The summed E-state index contributed by atoms with van der Waals surface area (Å²) >= 11 is 0. The van der Waals surface area contributed by atoms with Gasteiger partial charge in [-0.15, -0.1) is 0 Å². The third-order valence-electron chi connectivity index (χ3n) is 3.38. The number of hydrogen-bond acceptors (Lipinski definition) is 2. The maximum atomic E-state index is 11.8. The molecule has 0 saturated heterocycles. The van der Waals surface area contributed by atoms with Crippen molar-refractivity contribution in [3.8, 4) is 11.1 Å². The Labute approximate surface area is 117 Å². The van der Waals surface area contributed by atoms with Gasteiger partial charge < -0.3 is 5.73 Å². The van der Waals surface area contributed by atoms with Crippen molar-refractivity contribution in [3.05, 3.63) is 65.9 Å². The molecular weight excluding hydrogens is 248 g/mol. The monoisotopic (exact) mass is 262 g/mol. The van der Waals surface area contributed by atoms with Gasteiger partial charge in [0.1, 0.15) is 0 Å². The van der Waals surface area contributed by atoms with E-state index in [9.17, 15) is 4.79 Å². The van der Waals surface area contributed by atoms with Crippen LogP contribution in [0.3, 0.4) is 0 Å². The first-order valence-corrected chi connectivity index (χ1v) is 6.43.